The zero-order valence-corrected chi connectivity index (χ0v) is 12.3. The average molecular weight is 276 g/mol. The summed E-state index contributed by atoms with van der Waals surface area (Å²) in [6.07, 6.45) is 3.60. The molecular weight excluding hydrogens is 258 g/mol. The van der Waals surface area contributed by atoms with E-state index in [1.807, 2.05) is 4.57 Å². The van der Waals surface area contributed by atoms with Crippen molar-refractivity contribution in [3.63, 3.8) is 0 Å². The predicted molar refractivity (Wildman–Crippen MR) is 77.1 cm³/mol. The van der Waals surface area contributed by atoms with Crippen LogP contribution in [0.2, 0.25) is 5.28 Å². The second kappa shape index (κ2) is 4.34. The maximum atomic E-state index is 6.23. The number of hydrogen-bond donors (Lipinski definition) is 0. The molecule has 0 saturated heterocycles. The standard InChI is InChI=1S/C15H18ClN3/c1-15(2,3)13-17-18-14(16)19(13)12-8-7-10-5-4-6-11(10)9-12/h7-9H,4-6H2,1-3H3. The van der Waals surface area contributed by atoms with Gasteiger partial charge in [0.1, 0.15) is 5.82 Å². The fraction of sp³-hybridized carbons (Fsp3) is 0.467. The van der Waals surface area contributed by atoms with Gasteiger partial charge in [0.05, 0.1) is 5.69 Å². The minimum absolute atomic E-state index is 0.0842. The van der Waals surface area contributed by atoms with E-state index in [1.54, 1.807) is 0 Å². The molecule has 0 bridgehead atoms. The lowest BCUT2D eigenvalue weighted by molar-refractivity contribution is 0.533. The van der Waals surface area contributed by atoms with Gasteiger partial charge in [-0.05, 0) is 54.1 Å². The van der Waals surface area contributed by atoms with Gasteiger partial charge in [-0.15, -0.1) is 10.2 Å². The van der Waals surface area contributed by atoms with Crippen molar-refractivity contribution in [2.24, 2.45) is 0 Å². The summed E-state index contributed by atoms with van der Waals surface area (Å²) >= 11 is 6.23. The van der Waals surface area contributed by atoms with Crippen LogP contribution in [0.5, 0.6) is 0 Å². The molecule has 1 heterocycles. The second-order valence-corrected chi connectivity index (χ2v) is 6.52. The van der Waals surface area contributed by atoms with Crippen LogP contribution in [0.25, 0.3) is 5.69 Å². The molecular formula is C15H18ClN3. The molecule has 0 radical (unpaired) electrons. The van der Waals surface area contributed by atoms with Crippen LogP contribution < -0.4 is 0 Å². The van der Waals surface area contributed by atoms with E-state index in [0.717, 1.165) is 17.9 Å². The van der Waals surface area contributed by atoms with Gasteiger partial charge in [0, 0.05) is 5.41 Å². The molecule has 3 nitrogen and oxygen atoms in total. The van der Waals surface area contributed by atoms with E-state index in [2.05, 4.69) is 49.2 Å². The van der Waals surface area contributed by atoms with E-state index < -0.39 is 0 Å². The summed E-state index contributed by atoms with van der Waals surface area (Å²) in [7, 11) is 0. The lowest BCUT2D eigenvalue weighted by Gasteiger charge is -2.19. The summed E-state index contributed by atoms with van der Waals surface area (Å²) in [6.45, 7) is 6.37. The van der Waals surface area contributed by atoms with Gasteiger partial charge in [-0.25, -0.2) is 0 Å². The van der Waals surface area contributed by atoms with Crippen molar-refractivity contribution in [1.82, 2.24) is 14.8 Å². The summed E-state index contributed by atoms with van der Waals surface area (Å²) < 4.78 is 1.96. The zero-order chi connectivity index (χ0) is 13.6. The number of aryl methyl sites for hydroxylation is 2. The third-order valence-electron chi connectivity index (χ3n) is 3.63. The molecule has 0 amide bonds. The van der Waals surface area contributed by atoms with Crippen LogP contribution in [0.1, 0.15) is 44.1 Å². The largest absolute Gasteiger partial charge is 0.269 e. The summed E-state index contributed by atoms with van der Waals surface area (Å²) in [6, 6.07) is 6.56. The second-order valence-electron chi connectivity index (χ2n) is 6.18. The van der Waals surface area contributed by atoms with Gasteiger partial charge in [-0.3, -0.25) is 4.57 Å². The zero-order valence-electron chi connectivity index (χ0n) is 11.6. The normalized spacial score (nSPS) is 14.7. The first-order valence-corrected chi connectivity index (χ1v) is 7.08. The summed E-state index contributed by atoms with van der Waals surface area (Å²) in [5.74, 6) is 0.899. The molecule has 4 heteroatoms. The number of nitrogens with zero attached hydrogens (tertiary/aromatic N) is 3. The van der Waals surface area contributed by atoms with Crippen LogP contribution in [0.4, 0.5) is 0 Å². The molecule has 0 unspecified atom stereocenters. The van der Waals surface area contributed by atoms with Crippen molar-refractivity contribution in [3.05, 3.63) is 40.4 Å². The Morgan fingerprint density at radius 1 is 1.11 bits per heavy atom. The summed E-state index contributed by atoms with van der Waals surface area (Å²) in [5, 5.41) is 8.70. The molecule has 100 valence electrons. The monoisotopic (exact) mass is 275 g/mol. The topological polar surface area (TPSA) is 30.7 Å². The average Bonchev–Trinajstić information content (AvgIpc) is 2.92. The molecule has 0 spiro atoms. The SMILES string of the molecule is CC(C)(C)c1nnc(Cl)n1-c1ccc2c(c1)CCC2. The van der Waals surface area contributed by atoms with Gasteiger partial charge < -0.3 is 0 Å². The molecule has 2 aromatic rings. The fourth-order valence-corrected chi connectivity index (χ4v) is 2.89. The van der Waals surface area contributed by atoms with Crippen molar-refractivity contribution in [1.29, 1.82) is 0 Å². The lowest BCUT2D eigenvalue weighted by atomic mass is 9.95. The van der Waals surface area contributed by atoms with Crippen LogP contribution in [-0.4, -0.2) is 14.8 Å². The van der Waals surface area contributed by atoms with Crippen LogP contribution in [0.3, 0.4) is 0 Å². The Bertz CT molecular complexity index is 623. The number of hydrogen-bond acceptors (Lipinski definition) is 2. The molecule has 1 aromatic heterocycles. The van der Waals surface area contributed by atoms with Gasteiger partial charge in [0.15, 0.2) is 0 Å². The first kappa shape index (κ1) is 12.7. The minimum Gasteiger partial charge on any atom is -0.269 e. The summed E-state index contributed by atoms with van der Waals surface area (Å²) in [4.78, 5) is 0. The van der Waals surface area contributed by atoms with E-state index in [1.165, 1.54) is 24.0 Å². The number of aromatic nitrogens is 3. The highest BCUT2D eigenvalue weighted by Gasteiger charge is 2.24. The molecule has 0 aliphatic heterocycles. The highest BCUT2D eigenvalue weighted by molar-refractivity contribution is 6.28. The first-order chi connectivity index (χ1) is 8.97. The van der Waals surface area contributed by atoms with Crippen molar-refractivity contribution >= 4 is 11.6 Å². The lowest BCUT2D eigenvalue weighted by Crippen LogP contribution is -2.18. The van der Waals surface area contributed by atoms with Crippen molar-refractivity contribution in [2.45, 2.75) is 45.4 Å². The fourth-order valence-electron chi connectivity index (χ4n) is 2.68. The third-order valence-corrected chi connectivity index (χ3v) is 3.88. The van der Waals surface area contributed by atoms with Gasteiger partial charge >= 0.3 is 0 Å². The van der Waals surface area contributed by atoms with Gasteiger partial charge in [0.2, 0.25) is 5.28 Å². The van der Waals surface area contributed by atoms with Gasteiger partial charge in [-0.2, -0.15) is 0 Å². The van der Waals surface area contributed by atoms with E-state index in [0.29, 0.717) is 5.28 Å². The Kier molecular flexibility index (Phi) is 2.90. The smallest absolute Gasteiger partial charge is 0.229 e. The number of halogens is 1. The van der Waals surface area contributed by atoms with E-state index >= 15 is 0 Å². The molecule has 0 fully saturated rings. The van der Waals surface area contributed by atoms with Crippen LogP contribution in [0, 0.1) is 0 Å². The Morgan fingerprint density at radius 2 is 1.84 bits per heavy atom. The van der Waals surface area contributed by atoms with Crippen molar-refractivity contribution in [3.8, 4) is 5.69 Å². The molecule has 1 aliphatic rings. The van der Waals surface area contributed by atoms with Crippen molar-refractivity contribution in [2.75, 3.05) is 0 Å². The number of rotatable bonds is 1. The van der Waals surface area contributed by atoms with E-state index in [-0.39, 0.29) is 5.41 Å². The molecule has 19 heavy (non-hydrogen) atoms. The first-order valence-electron chi connectivity index (χ1n) is 6.70. The Balaban J connectivity index is 2.15. The van der Waals surface area contributed by atoms with E-state index in [9.17, 15) is 0 Å². The quantitative estimate of drug-likeness (QED) is 0.794. The maximum Gasteiger partial charge on any atom is 0.229 e. The van der Waals surface area contributed by atoms with Crippen LogP contribution in [0.15, 0.2) is 18.2 Å². The highest BCUT2D eigenvalue weighted by Crippen LogP contribution is 2.29. The van der Waals surface area contributed by atoms with E-state index in [4.69, 9.17) is 11.6 Å². The third kappa shape index (κ3) is 2.16. The molecule has 0 atom stereocenters. The van der Waals surface area contributed by atoms with Crippen LogP contribution >= 0.6 is 11.6 Å². The molecule has 0 N–H and O–H groups in total. The Morgan fingerprint density at radius 3 is 2.58 bits per heavy atom. The maximum absolute atomic E-state index is 6.23. The molecule has 0 saturated carbocycles. The Hall–Kier alpha value is -1.35. The summed E-state index contributed by atoms with van der Waals surface area (Å²) in [5.41, 5.74) is 3.88. The van der Waals surface area contributed by atoms with Crippen LogP contribution in [-0.2, 0) is 18.3 Å². The molecule has 1 aromatic carbocycles. The number of fused-ring (bicyclic) bond motifs is 1. The van der Waals surface area contributed by atoms with Gasteiger partial charge in [-0.1, -0.05) is 26.8 Å². The molecule has 3 rings (SSSR count). The van der Waals surface area contributed by atoms with Crippen molar-refractivity contribution < 1.29 is 0 Å². The highest BCUT2D eigenvalue weighted by atomic mass is 35.5. The number of benzene rings is 1. The van der Waals surface area contributed by atoms with Gasteiger partial charge in [0.25, 0.3) is 0 Å². The predicted octanol–water partition coefficient (Wildman–Crippen LogP) is 3.71. The molecule has 1 aliphatic carbocycles. The minimum atomic E-state index is -0.0842. The Labute approximate surface area is 118 Å².